The van der Waals surface area contributed by atoms with E-state index in [1.165, 1.54) is 10.6 Å². The number of nitrogens with one attached hydrogen (secondary N) is 2. The van der Waals surface area contributed by atoms with Crippen molar-refractivity contribution in [3.63, 3.8) is 0 Å². The van der Waals surface area contributed by atoms with E-state index in [0.717, 1.165) is 0 Å². The number of fused-ring (bicyclic) bond motifs is 1. The van der Waals surface area contributed by atoms with Crippen LogP contribution in [0, 0.1) is 6.92 Å². The molecule has 0 aliphatic heterocycles. The Balaban J connectivity index is 1.99. The zero-order chi connectivity index (χ0) is 14.1. The standard InChI is InChI=1S/C12H10N6O2/c1-7-14-12(17-16-7)15-10(19)8-6-13-9-4-2-3-5-18(9)11(8)20/h2-6H,1H3,(H2,14,15,16,17,19). The maximum Gasteiger partial charge on any atom is 0.270 e. The van der Waals surface area contributed by atoms with Crippen LogP contribution in [0.2, 0.25) is 0 Å². The maximum absolute atomic E-state index is 12.2. The van der Waals surface area contributed by atoms with E-state index in [1.807, 2.05) is 0 Å². The fourth-order valence-electron chi connectivity index (χ4n) is 1.75. The summed E-state index contributed by atoms with van der Waals surface area (Å²) in [6.45, 7) is 1.70. The van der Waals surface area contributed by atoms with Crippen molar-refractivity contribution >= 4 is 17.5 Å². The minimum Gasteiger partial charge on any atom is -0.289 e. The molecular formula is C12H10N6O2. The van der Waals surface area contributed by atoms with Crippen LogP contribution in [0.4, 0.5) is 5.95 Å². The van der Waals surface area contributed by atoms with Gasteiger partial charge in [-0.05, 0) is 19.1 Å². The summed E-state index contributed by atoms with van der Waals surface area (Å²) in [5, 5.41) is 8.81. The Morgan fingerprint density at radius 3 is 3.00 bits per heavy atom. The van der Waals surface area contributed by atoms with Gasteiger partial charge in [-0.2, -0.15) is 4.98 Å². The van der Waals surface area contributed by atoms with E-state index >= 15 is 0 Å². The Hall–Kier alpha value is -3.03. The Bertz CT molecular complexity index is 850. The molecule has 0 atom stereocenters. The topological polar surface area (TPSA) is 105 Å². The lowest BCUT2D eigenvalue weighted by Gasteiger charge is -2.03. The molecule has 100 valence electrons. The van der Waals surface area contributed by atoms with Gasteiger partial charge < -0.3 is 0 Å². The number of hydrogen-bond donors (Lipinski definition) is 2. The third kappa shape index (κ3) is 2.03. The van der Waals surface area contributed by atoms with Crippen molar-refractivity contribution < 1.29 is 4.79 Å². The van der Waals surface area contributed by atoms with Gasteiger partial charge in [-0.1, -0.05) is 6.07 Å². The number of amides is 1. The first kappa shape index (κ1) is 12.0. The predicted molar refractivity (Wildman–Crippen MR) is 70.5 cm³/mol. The summed E-state index contributed by atoms with van der Waals surface area (Å²) in [6.07, 6.45) is 2.80. The molecule has 8 nitrogen and oxygen atoms in total. The number of aryl methyl sites for hydroxylation is 1. The van der Waals surface area contributed by atoms with Crippen LogP contribution in [0.1, 0.15) is 16.2 Å². The normalized spacial score (nSPS) is 10.7. The minimum atomic E-state index is -0.597. The predicted octanol–water partition coefficient (Wildman–Crippen LogP) is 0.373. The van der Waals surface area contributed by atoms with Crippen molar-refractivity contribution in [2.24, 2.45) is 0 Å². The van der Waals surface area contributed by atoms with Gasteiger partial charge in [0, 0.05) is 12.4 Å². The molecule has 0 saturated carbocycles. The van der Waals surface area contributed by atoms with E-state index in [4.69, 9.17) is 0 Å². The van der Waals surface area contributed by atoms with Gasteiger partial charge in [0.05, 0.1) is 0 Å². The Kier molecular flexibility index (Phi) is 2.75. The lowest BCUT2D eigenvalue weighted by Crippen LogP contribution is -2.26. The van der Waals surface area contributed by atoms with E-state index in [9.17, 15) is 9.59 Å². The van der Waals surface area contributed by atoms with Crippen molar-refractivity contribution in [3.05, 3.63) is 52.3 Å². The highest BCUT2D eigenvalue weighted by atomic mass is 16.2. The molecule has 1 amide bonds. The van der Waals surface area contributed by atoms with Crippen molar-refractivity contribution in [1.29, 1.82) is 0 Å². The van der Waals surface area contributed by atoms with E-state index in [2.05, 4.69) is 25.5 Å². The first-order valence-electron chi connectivity index (χ1n) is 5.82. The number of carbonyl (C=O) groups is 1. The number of H-pyrrole nitrogens is 1. The first-order chi connectivity index (χ1) is 9.65. The second-order valence-electron chi connectivity index (χ2n) is 4.10. The molecule has 20 heavy (non-hydrogen) atoms. The Morgan fingerprint density at radius 1 is 1.40 bits per heavy atom. The number of aromatic nitrogens is 5. The average Bonchev–Trinajstić information content (AvgIpc) is 2.84. The van der Waals surface area contributed by atoms with E-state index < -0.39 is 11.5 Å². The maximum atomic E-state index is 12.2. The molecule has 3 aromatic rings. The fourth-order valence-corrected chi connectivity index (χ4v) is 1.75. The number of anilines is 1. The van der Waals surface area contributed by atoms with Crippen LogP contribution in [-0.4, -0.2) is 30.5 Å². The van der Waals surface area contributed by atoms with E-state index in [1.54, 1.807) is 31.3 Å². The van der Waals surface area contributed by atoms with Crippen LogP contribution < -0.4 is 10.9 Å². The van der Waals surface area contributed by atoms with Gasteiger partial charge in [0.2, 0.25) is 5.95 Å². The number of hydrogen-bond acceptors (Lipinski definition) is 5. The smallest absolute Gasteiger partial charge is 0.270 e. The molecule has 0 unspecified atom stereocenters. The van der Waals surface area contributed by atoms with Crippen molar-refractivity contribution in [1.82, 2.24) is 24.6 Å². The first-order valence-corrected chi connectivity index (χ1v) is 5.82. The van der Waals surface area contributed by atoms with Crippen molar-refractivity contribution in [3.8, 4) is 0 Å². The molecule has 0 aromatic carbocycles. The van der Waals surface area contributed by atoms with Gasteiger partial charge in [-0.15, -0.1) is 5.10 Å². The monoisotopic (exact) mass is 270 g/mol. The SMILES string of the molecule is Cc1nc(NC(=O)c2cnc3ccccn3c2=O)n[nH]1. The highest BCUT2D eigenvalue weighted by Crippen LogP contribution is 2.02. The molecule has 2 N–H and O–H groups in total. The highest BCUT2D eigenvalue weighted by molar-refractivity contribution is 6.02. The molecule has 0 aliphatic carbocycles. The molecule has 0 saturated heterocycles. The molecular weight excluding hydrogens is 260 g/mol. The number of nitrogens with zero attached hydrogens (tertiary/aromatic N) is 4. The molecule has 0 bridgehead atoms. The molecule has 3 heterocycles. The van der Waals surface area contributed by atoms with Crippen LogP contribution in [0.25, 0.3) is 5.65 Å². The summed E-state index contributed by atoms with van der Waals surface area (Å²) in [4.78, 5) is 32.2. The lowest BCUT2D eigenvalue weighted by molar-refractivity contribution is 0.102. The summed E-state index contributed by atoms with van der Waals surface area (Å²) in [5.74, 6) is 0.0819. The lowest BCUT2D eigenvalue weighted by atomic mass is 10.3. The van der Waals surface area contributed by atoms with Gasteiger partial charge in [-0.25, -0.2) is 4.98 Å². The van der Waals surface area contributed by atoms with Crippen molar-refractivity contribution in [2.45, 2.75) is 6.92 Å². The molecule has 0 radical (unpaired) electrons. The van der Waals surface area contributed by atoms with Gasteiger partial charge in [0.25, 0.3) is 11.5 Å². The molecule has 3 rings (SSSR count). The van der Waals surface area contributed by atoms with Crippen LogP contribution in [0.15, 0.2) is 35.4 Å². The molecule has 0 aliphatic rings. The minimum absolute atomic E-state index is 0.0730. The van der Waals surface area contributed by atoms with E-state index in [0.29, 0.717) is 11.5 Å². The largest absolute Gasteiger partial charge is 0.289 e. The van der Waals surface area contributed by atoms with Crippen molar-refractivity contribution in [2.75, 3.05) is 5.32 Å². The van der Waals surface area contributed by atoms with Gasteiger partial charge >= 0.3 is 0 Å². The summed E-state index contributed by atoms with van der Waals surface area (Å²) in [5.41, 5.74) is -0.0423. The summed E-state index contributed by atoms with van der Waals surface area (Å²) in [6, 6.07) is 5.13. The average molecular weight is 270 g/mol. The zero-order valence-corrected chi connectivity index (χ0v) is 10.5. The molecule has 0 fully saturated rings. The summed E-state index contributed by atoms with van der Waals surface area (Å²) < 4.78 is 1.30. The second kappa shape index (κ2) is 4.57. The summed E-state index contributed by atoms with van der Waals surface area (Å²) in [7, 11) is 0. The fraction of sp³-hybridized carbons (Fsp3) is 0.0833. The Labute approximate surface area is 112 Å². The zero-order valence-electron chi connectivity index (χ0n) is 10.5. The van der Waals surface area contributed by atoms with Crippen LogP contribution >= 0.6 is 0 Å². The molecule has 0 spiro atoms. The van der Waals surface area contributed by atoms with E-state index in [-0.39, 0.29) is 11.5 Å². The van der Waals surface area contributed by atoms with Gasteiger partial charge in [0.15, 0.2) is 0 Å². The number of aromatic amines is 1. The van der Waals surface area contributed by atoms with Crippen LogP contribution in [-0.2, 0) is 0 Å². The highest BCUT2D eigenvalue weighted by Gasteiger charge is 2.14. The third-order valence-electron chi connectivity index (χ3n) is 2.68. The van der Waals surface area contributed by atoms with Gasteiger partial charge in [-0.3, -0.25) is 24.4 Å². The molecule has 3 aromatic heterocycles. The van der Waals surface area contributed by atoms with Crippen LogP contribution in [0.5, 0.6) is 0 Å². The Morgan fingerprint density at radius 2 is 2.25 bits per heavy atom. The second-order valence-corrected chi connectivity index (χ2v) is 4.10. The third-order valence-corrected chi connectivity index (χ3v) is 2.68. The number of carbonyl (C=O) groups excluding carboxylic acids is 1. The van der Waals surface area contributed by atoms with Gasteiger partial charge in [0.1, 0.15) is 17.0 Å². The molecule has 8 heteroatoms. The quantitative estimate of drug-likeness (QED) is 0.700. The summed E-state index contributed by atoms with van der Waals surface area (Å²) >= 11 is 0. The number of rotatable bonds is 2. The number of pyridine rings is 1. The van der Waals surface area contributed by atoms with Crippen LogP contribution in [0.3, 0.4) is 0 Å².